The largest absolute Gasteiger partial charge is 0.367 e. The molecule has 0 bridgehead atoms. The molecule has 0 spiro atoms. The molecule has 1 heterocycles. The van der Waals surface area contributed by atoms with Crippen LogP contribution in [0.1, 0.15) is 5.56 Å². The number of amides is 1. The van der Waals surface area contributed by atoms with Crippen molar-refractivity contribution in [1.29, 1.82) is 0 Å². The lowest BCUT2D eigenvalue weighted by molar-refractivity contribution is -0.121. The Labute approximate surface area is 178 Å². The fraction of sp³-hybridized carbons (Fsp3) is 0.0435. The van der Waals surface area contributed by atoms with Crippen LogP contribution in [0.3, 0.4) is 0 Å². The van der Waals surface area contributed by atoms with Gasteiger partial charge in [-0.05, 0) is 47.0 Å². The molecule has 1 fully saturated rings. The number of carbonyl (C=O) groups is 1. The van der Waals surface area contributed by atoms with E-state index in [1.54, 1.807) is 18.2 Å². The van der Waals surface area contributed by atoms with Crippen LogP contribution < -0.4 is 5.32 Å². The molecule has 0 aromatic heterocycles. The fourth-order valence-corrected chi connectivity index (χ4v) is 4.22. The average Bonchev–Trinajstić information content (AvgIpc) is 3.00. The number of rotatable bonds is 5. The second kappa shape index (κ2) is 8.59. The van der Waals surface area contributed by atoms with Crippen molar-refractivity contribution in [2.75, 3.05) is 12.0 Å². The molecular formula is C23H17FN2OS2. The van der Waals surface area contributed by atoms with E-state index in [9.17, 15) is 9.18 Å². The summed E-state index contributed by atoms with van der Waals surface area (Å²) >= 11 is 6.57. The average molecular weight is 421 g/mol. The van der Waals surface area contributed by atoms with Gasteiger partial charge in [0.05, 0.1) is 11.6 Å². The molecule has 6 heteroatoms. The van der Waals surface area contributed by atoms with Crippen LogP contribution in [0, 0.1) is 5.82 Å². The standard InChI is InChI=1S/C23H17FN2OS2/c24-19-8-4-5-16(13-19)14-21-22(27)26(23(28)29-21)15-25-20-11-9-18(10-12-20)17-6-2-1-3-7-17/h1-14,25H,15H2. The molecule has 0 atom stereocenters. The Kier molecular flexibility index (Phi) is 5.74. The van der Waals surface area contributed by atoms with Crippen molar-refractivity contribution in [3.63, 3.8) is 0 Å². The SMILES string of the molecule is O=C1C(=Cc2cccc(F)c2)SC(=S)N1CNc1ccc(-c2ccccc2)cc1. The summed E-state index contributed by atoms with van der Waals surface area (Å²) in [6.45, 7) is 0.274. The maximum Gasteiger partial charge on any atom is 0.267 e. The van der Waals surface area contributed by atoms with Crippen molar-refractivity contribution in [1.82, 2.24) is 4.90 Å². The van der Waals surface area contributed by atoms with Crippen molar-refractivity contribution >= 4 is 46.0 Å². The molecule has 1 N–H and O–H groups in total. The van der Waals surface area contributed by atoms with Gasteiger partial charge < -0.3 is 5.32 Å². The van der Waals surface area contributed by atoms with Crippen molar-refractivity contribution in [2.24, 2.45) is 0 Å². The van der Waals surface area contributed by atoms with E-state index in [2.05, 4.69) is 17.4 Å². The smallest absolute Gasteiger partial charge is 0.267 e. The molecule has 144 valence electrons. The summed E-state index contributed by atoms with van der Waals surface area (Å²) in [5, 5.41) is 3.24. The lowest BCUT2D eigenvalue weighted by Crippen LogP contribution is -2.33. The van der Waals surface area contributed by atoms with E-state index < -0.39 is 0 Å². The molecule has 4 rings (SSSR count). The second-order valence-electron chi connectivity index (χ2n) is 6.44. The van der Waals surface area contributed by atoms with Crippen molar-refractivity contribution in [3.05, 3.63) is 95.1 Å². The first kappa shape index (κ1) is 19.4. The molecule has 0 radical (unpaired) electrons. The molecule has 1 aliphatic heterocycles. The number of hydrogen-bond donors (Lipinski definition) is 1. The summed E-state index contributed by atoms with van der Waals surface area (Å²) in [6, 6.07) is 24.3. The minimum atomic E-state index is -0.338. The molecule has 3 aromatic rings. The number of nitrogens with one attached hydrogen (secondary N) is 1. The van der Waals surface area contributed by atoms with E-state index in [0.29, 0.717) is 14.8 Å². The molecular weight excluding hydrogens is 403 g/mol. The third-order valence-electron chi connectivity index (χ3n) is 4.45. The monoisotopic (exact) mass is 420 g/mol. The van der Waals surface area contributed by atoms with Gasteiger partial charge in [-0.1, -0.05) is 78.6 Å². The van der Waals surface area contributed by atoms with Crippen LogP contribution in [0.4, 0.5) is 10.1 Å². The molecule has 3 nitrogen and oxygen atoms in total. The molecule has 0 aliphatic carbocycles. The molecule has 3 aromatic carbocycles. The second-order valence-corrected chi connectivity index (χ2v) is 8.12. The summed E-state index contributed by atoms with van der Waals surface area (Å²) in [5.74, 6) is -0.521. The Morgan fingerprint density at radius 1 is 0.966 bits per heavy atom. The number of anilines is 1. The van der Waals surface area contributed by atoms with E-state index in [1.807, 2.05) is 42.5 Å². The first-order valence-electron chi connectivity index (χ1n) is 9.00. The number of nitrogens with zero attached hydrogens (tertiary/aromatic N) is 1. The lowest BCUT2D eigenvalue weighted by atomic mass is 10.1. The topological polar surface area (TPSA) is 32.3 Å². The Bertz CT molecular complexity index is 1080. The van der Waals surface area contributed by atoms with Gasteiger partial charge >= 0.3 is 0 Å². The van der Waals surface area contributed by atoms with Crippen LogP contribution in [0.15, 0.2) is 83.8 Å². The summed E-state index contributed by atoms with van der Waals surface area (Å²) < 4.78 is 13.8. The Hall–Kier alpha value is -2.96. The quantitative estimate of drug-likeness (QED) is 0.420. The lowest BCUT2D eigenvalue weighted by Gasteiger charge is -2.16. The molecule has 29 heavy (non-hydrogen) atoms. The van der Waals surface area contributed by atoms with E-state index in [0.717, 1.165) is 16.8 Å². The molecule has 0 saturated carbocycles. The van der Waals surface area contributed by atoms with Crippen LogP contribution in [0.2, 0.25) is 0 Å². The van der Waals surface area contributed by atoms with Crippen molar-refractivity contribution in [3.8, 4) is 11.1 Å². The van der Waals surface area contributed by atoms with Crippen LogP contribution in [-0.4, -0.2) is 21.8 Å². The Morgan fingerprint density at radius 3 is 2.41 bits per heavy atom. The Balaban J connectivity index is 1.42. The summed E-state index contributed by atoms with van der Waals surface area (Å²) in [5.41, 5.74) is 3.81. The maximum atomic E-state index is 13.4. The van der Waals surface area contributed by atoms with E-state index in [1.165, 1.54) is 28.8 Å². The third-order valence-corrected chi connectivity index (χ3v) is 5.83. The van der Waals surface area contributed by atoms with Gasteiger partial charge in [0.25, 0.3) is 5.91 Å². The zero-order valence-corrected chi connectivity index (χ0v) is 17.0. The van der Waals surface area contributed by atoms with E-state index in [-0.39, 0.29) is 18.4 Å². The van der Waals surface area contributed by atoms with Crippen LogP contribution in [0.25, 0.3) is 17.2 Å². The van der Waals surface area contributed by atoms with Gasteiger partial charge in [0.15, 0.2) is 0 Å². The van der Waals surface area contributed by atoms with Crippen LogP contribution in [-0.2, 0) is 4.79 Å². The highest BCUT2D eigenvalue weighted by Gasteiger charge is 2.31. The first-order valence-corrected chi connectivity index (χ1v) is 10.2. The van der Waals surface area contributed by atoms with Gasteiger partial charge in [-0.25, -0.2) is 4.39 Å². The predicted octanol–water partition coefficient (Wildman–Crippen LogP) is 5.76. The summed E-state index contributed by atoms with van der Waals surface area (Å²) in [6.07, 6.45) is 1.66. The van der Waals surface area contributed by atoms with Gasteiger partial charge in [-0.2, -0.15) is 0 Å². The van der Waals surface area contributed by atoms with Gasteiger partial charge in [-0.15, -0.1) is 0 Å². The van der Waals surface area contributed by atoms with E-state index >= 15 is 0 Å². The van der Waals surface area contributed by atoms with Gasteiger partial charge in [-0.3, -0.25) is 9.69 Å². The number of thiocarbonyl (C=S) groups is 1. The highest BCUT2D eigenvalue weighted by Crippen LogP contribution is 2.32. The summed E-state index contributed by atoms with van der Waals surface area (Å²) in [4.78, 5) is 14.7. The van der Waals surface area contributed by atoms with Crippen LogP contribution >= 0.6 is 24.0 Å². The zero-order chi connectivity index (χ0) is 20.2. The number of halogens is 1. The molecule has 1 aliphatic rings. The molecule has 0 unspecified atom stereocenters. The highest BCUT2D eigenvalue weighted by molar-refractivity contribution is 8.26. The highest BCUT2D eigenvalue weighted by atomic mass is 32.2. The minimum Gasteiger partial charge on any atom is -0.367 e. The van der Waals surface area contributed by atoms with Crippen molar-refractivity contribution < 1.29 is 9.18 Å². The third kappa shape index (κ3) is 4.55. The Morgan fingerprint density at radius 2 is 1.69 bits per heavy atom. The summed E-state index contributed by atoms with van der Waals surface area (Å²) in [7, 11) is 0. The maximum absolute atomic E-state index is 13.4. The van der Waals surface area contributed by atoms with Gasteiger partial charge in [0.2, 0.25) is 0 Å². The minimum absolute atomic E-state index is 0.183. The zero-order valence-electron chi connectivity index (χ0n) is 15.3. The fourth-order valence-electron chi connectivity index (χ4n) is 2.97. The molecule has 1 amide bonds. The number of hydrogen-bond acceptors (Lipinski definition) is 4. The first-order chi connectivity index (χ1) is 14.1. The number of thioether (sulfide) groups is 1. The van der Waals surface area contributed by atoms with Gasteiger partial charge in [0, 0.05) is 5.69 Å². The number of carbonyl (C=O) groups excluding carboxylic acids is 1. The van der Waals surface area contributed by atoms with E-state index in [4.69, 9.17) is 12.2 Å². The van der Waals surface area contributed by atoms with Crippen molar-refractivity contribution in [2.45, 2.75) is 0 Å². The molecule has 1 saturated heterocycles. The van der Waals surface area contributed by atoms with Gasteiger partial charge in [0.1, 0.15) is 10.1 Å². The normalized spacial score (nSPS) is 15.2. The predicted molar refractivity (Wildman–Crippen MR) is 122 cm³/mol. The van der Waals surface area contributed by atoms with Crippen LogP contribution in [0.5, 0.6) is 0 Å². The number of benzene rings is 3.